The van der Waals surface area contributed by atoms with Crippen molar-refractivity contribution in [3.05, 3.63) is 34.5 Å². The molecule has 1 atom stereocenters. The first-order chi connectivity index (χ1) is 8.34. The fourth-order valence-electron chi connectivity index (χ4n) is 1.36. The molecule has 7 nitrogen and oxygen atoms in total. The topological polar surface area (TPSA) is 107 Å². The van der Waals surface area contributed by atoms with Crippen LogP contribution in [0.5, 0.6) is 0 Å². The quantitative estimate of drug-likeness (QED) is 0.715. The van der Waals surface area contributed by atoms with E-state index in [0.29, 0.717) is 17.4 Å². The van der Waals surface area contributed by atoms with Crippen molar-refractivity contribution < 1.29 is 4.52 Å². The number of nitrogens with two attached hydrogens (primary N) is 1. The summed E-state index contributed by atoms with van der Waals surface area (Å²) in [6.07, 6.45) is 1.52. The van der Waals surface area contributed by atoms with Crippen LogP contribution in [-0.2, 0) is 0 Å². The maximum Gasteiger partial charge on any atom is 0.249 e. The summed E-state index contributed by atoms with van der Waals surface area (Å²) in [6.45, 7) is 0. The third-order valence-electron chi connectivity index (χ3n) is 2.20. The molecule has 0 aliphatic rings. The first-order valence-electron chi connectivity index (χ1n) is 4.83. The largest absolute Gasteiger partial charge is 0.337 e. The summed E-state index contributed by atoms with van der Waals surface area (Å²) in [5.41, 5.74) is 6.52. The Labute approximate surface area is 99.7 Å². The lowest BCUT2D eigenvalue weighted by atomic mass is 10.2. The lowest BCUT2D eigenvalue weighted by molar-refractivity contribution is 0.368. The lowest BCUT2D eigenvalue weighted by Gasteiger charge is -2.01. The molecule has 0 fully saturated rings. The van der Waals surface area contributed by atoms with Crippen LogP contribution in [0.25, 0.3) is 11.5 Å². The van der Waals surface area contributed by atoms with Gasteiger partial charge in [0.25, 0.3) is 0 Å². The first kappa shape index (κ1) is 10.1. The van der Waals surface area contributed by atoms with Crippen LogP contribution in [0.1, 0.15) is 16.8 Å². The molecule has 17 heavy (non-hydrogen) atoms. The normalized spacial score (nSPS) is 12.8. The Morgan fingerprint density at radius 1 is 1.47 bits per heavy atom. The van der Waals surface area contributed by atoms with Crippen molar-refractivity contribution in [2.24, 2.45) is 5.73 Å². The lowest BCUT2D eigenvalue weighted by Crippen LogP contribution is -2.10. The van der Waals surface area contributed by atoms with E-state index in [-0.39, 0.29) is 0 Å². The molecule has 0 aliphatic carbocycles. The molecule has 3 aromatic rings. The molecule has 0 saturated carbocycles. The van der Waals surface area contributed by atoms with E-state index in [4.69, 9.17) is 10.3 Å². The van der Waals surface area contributed by atoms with Crippen LogP contribution in [0.15, 0.2) is 28.2 Å². The van der Waals surface area contributed by atoms with Crippen LogP contribution >= 0.6 is 11.3 Å². The highest BCUT2D eigenvalue weighted by molar-refractivity contribution is 7.10. The van der Waals surface area contributed by atoms with Crippen LogP contribution < -0.4 is 5.73 Å². The van der Waals surface area contributed by atoms with E-state index >= 15 is 0 Å². The minimum atomic E-state index is -0.400. The number of H-pyrrole nitrogens is 1. The van der Waals surface area contributed by atoms with Crippen molar-refractivity contribution in [3.8, 4) is 11.5 Å². The Kier molecular flexibility index (Phi) is 2.42. The number of hydrogen-bond donors (Lipinski definition) is 2. The summed E-state index contributed by atoms with van der Waals surface area (Å²) >= 11 is 1.55. The van der Waals surface area contributed by atoms with Gasteiger partial charge in [-0.2, -0.15) is 20.4 Å². The molecule has 0 aromatic carbocycles. The summed E-state index contributed by atoms with van der Waals surface area (Å²) in [6, 6.07) is 3.45. The molecule has 0 radical (unpaired) electrons. The number of thiophene rings is 1. The number of hydrogen-bond acceptors (Lipinski definition) is 7. The third kappa shape index (κ3) is 1.83. The number of nitrogens with one attached hydrogen (secondary N) is 1. The molecule has 0 saturated heterocycles. The molecule has 0 amide bonds. The first-order valence-corrected chi connectivity index (χ1v) is 5.71. The van der Waals surface area contributed by atoms with Gasteiger partial charge in [-0.15, -0.1) is 11.3 Å². The average molecular weight is 248 g/mol. The van der Waals surface area contributed by atoms with E-state index in [9.17, 15) is 0 Å². The predicted octanol–water partition coefficient (Wildman–Crippen LogP) is 0.964. The molecular weight excluding hydrogens is 240 g/mol. The molecule has 1 unspecified atom stereocenters. The zero-order valence-electron chi connectivity index (χ0n) is 8.57. The monoisotopic (exact) mass is 248 g/mol. The molecule has 0 spiro atoms. The van der Waals surface area contributed by atoms with Crippen LogP contribution in [0.2, 0.25) is 0 Å². The Hall–Kier alpha value is -2.06. The highest BCUT2D eigenvalue weighted by Gasteiger charge is 2.19. The maximum absolute atomic E-state index is 6.00. The van der Waals surface area contributed by atoms with Gasteiger partial charge in [0.05, 0.1) is 6.20 Å². The number of nitrogens with zero attached hydrogens (tertiary/aromatic N) is 4. The van der Waals surface area contributed by atoms with E-state index in [1.54, 1.807) is 11.3 Å². The van der Waals surface area contributed by atoms with Gasteiger partial charge in [0.15, 0.2) is 5.69 Å². The van der Waals surface area contributed by atoms with Gasteiger partial charge in [-0.05, 0) is 11.4 Å². The van der Waals surface area contributed by atoms with Crippen molar-refractivity contribution in [2.75, 3.05) is 0 Å². The SMILES string of the molecule is NC(c1nc(-c2cn[nH]n2)no1)c1cccs1. The van der Waals surface area contributed by atoms with Gasteiger partial charge in [0, 0.05) is 4.88 Å². The van der Waals surface area contributed by atoms with Gasteiger partial charge < -0.3 is 10.3 Å². The molecular formula is C9H8N6OS. The van der Waals surface area contributed by atoms with Crippen LogP contribution in [0.3, 0.4) is 0 Å². The van der Waals surface area contributed by atoms with Crippen LogP contribution in [-0.4, -0.2) is 25.6 Å². The van der Waals surface area contributed by atoms with Crippen LogP contribution in [0, 0.1) is 0 Å². The Morgan fingerprint density at radius 2 is 2.41 bits per heavy atom. The fourth-order valence-corrected chi connectivity index (χ4v) is 2.08. The molecule has 3 N–H and O–H groups in total. The van der Waals surface area contributed by atoms with Crippen LogP contribution in [0.4, 0.5) is 0 Å². The Balaban J connectivity index is 1.90. The second kappa shape index (κ2) is 4.07. The fraction of sp³-hybridized carbons (Fsp3) is 0.111. The van der Waals surface area contributed by atoms with E-state index in [0.717, 1.165) is 4.88 Å². The summed E-state index contributed by atoms with van der Waals surface area (Å²) in [5, 5.41) is 15.8. The minimum absolute atomic E-state index is 0.366. The van der Waals surface area contributed by atoms with E-state index in [2.05, 4.69) is 25.6 Å². The average Bonchev–Trinajstić information content (AvgIpc) is 3.09. The second-order valence-corrected chi connectivity index (χ2v) is 4.28. The van der Waals surface area contributed by atoms with E-state index in [1.165, 1.54) is 6.20 Å². The Bertz CT molecular complexity index is 587. The van der Waals surface area contributed by atoms with Crippen molar-refractivity contribution in [1.29, 1.82) is 0 Å². The van der Waals surface area contributed by atoms with E-state index < -0.39 is 6.04 Å². The van der Waals surface area contributed by atoms with Crippen molar-refractivity contribution in [1.82, 2.24) is 25.6 Å². The van der Waals surface area contributed by atoms with Crippen molar-refractivity contribution in [3.63, 3.8) is 0 Å². The zero-order chi connectivity index (χ0) is 11.7. The van der Waals surface area contributed by atoms with Crippen molar-refractivity contribution in [2.45, 2.75) is 6.04 Å². The predicted molar refractivity (Wildman–Crippen MR) is 60.0 cm³/mol. The highest BCUT2D eigenvalue weighted by atomic mass is 32.1. The Morgan fingerprint density at radius 3 is 3.12 bits per heavy atom. The highest BCUT2D eigenvalue weighted by Crippen LogP contribution is 2.23. The van der Waals surface area contributed by atoms with Gasteiger partial charge in [-0.25, -0.2) is 0 Å². The molecule has 3 rings (SSSR count). The number of aromatic amines is 1. The minimum Gasteiger partial charge on any atom is -0.337 e. The van der Waals surface area contributed by atoms with Gasteiger partial charge in [-0.3, -0.25) is 0 Å². The molecule has 3 heterocycles. The zero-order valence-corrected chi connectivity index (χ0v) is 9.39. The maximum atomic E-state index is 6.00. The smallest absolute Gasteiger partial charge is 0.249 e. The molecule has 0 bridgehead atoms. The van der Waals surface area contributed by atoms with Crippen molar-refractivity contribution >= 4 is 11.3 Å². The van der Waals surface area contributed by atoms with Gasteiger partial charge in [0.2, 0.25) is 11.7 Å². The van der Waals surface area contributed by atoms with Gasteiger partial charge in [-0.1, -0.05) is 11.2 Å². The second-order valence-electron chi connectivity index (χ2n) is 3.30. The molecule has 3 aromatic heterocycles. The molecule has 8 heteroatoms. The molecule has 86 valence electrons. The summed E-state index contributed by atoms with van der Waals surface area (Å²) in [7, 11) is 0. The standard InChI is InChI=1S/C9H8N6OS/c10-7(6-2-1-3-17-6)9-12-8(14-16-9)5-4-11-15-13-5/h1-4,7H,10H2,(H,11,13,15). The van der Waals surface area contributed by atoms with E-state index in [1.807, 2.05) is 17.5 Å². The number of rotatable bonds is 3. The number of aromatic nitrogens is 5. The van der Waals surface area contributed by atoms with Gasteiger partial charge >= 0.3 is 0 Å². The summed E-state index contributed by atoms with van der Waals surface area (Å²) in [4.78, 5) is 5.16. The summed E-state index contributed by atoms with van der Waals surface area (Å²) < 4.78 is 5.11. The molecule has 0 aliphatic heterocycles. The third-order valence-corrected chi connectivity index (χ3v) is 3.16. The summed E-state index contributed by atoms with van der Waals surface area (Å²) in [5.74, 6) is 0.742. The van der Waals surface area contributed by atoms with Gasteiger partial charge in [0.1, 0.15) is 6.04 Å².